The van der Waals surface area contributed by atoms with Crippen molar-refractivity contribution in [2.75, 3.05) is 17.3 Å². The van der Waals surface area contributed by atoms with E-state index in [9.17, 15) is 9.59 Å². The maximum absolute atomic E-state index is 12.4. The van der Waals surface area contributed by atoms with Crippen LogP contribution in [0.4, 0.5) is 11.4 Å². The summed E-state index contributed by atoms with van der Waals surface area (Å²) in [6, 6.07) is 5.82. The zero-order valence-corrected chi connectivity index (χ0v) is 13.8. The van der Waals surface area contributed by atoms with Crippen molar-refractivity contribution in [1.82, 2.24) is 0 Å². The number of benzene rings is 1. The highest BCUT2D eigenvalue weighted by atomic mass is 16.2. The number of hydrogen-bond acceptors (Lipinski definition) is 2. The Morgan fingerprint density at radius 1 is 1.23 bits per heavy atom. The molecule has 0 aromatic heterocycles. The molecule has 4 heteroatoms. The first-order valence-electron chi connectivity index (χ1n) is 8.27. The third kappa shape index (κ3) is 3.67. The van der Waals surface area contributed by atoms with Crippen molar-refractivity contribution in [3.8, 4) is 0 Å². The molecule has 4 nitrogen and oxygen atoms in total. The SMILES string of the molecule is CCCC(CCC)C(=O)Nc1ccc2c(c1)CCC(=O)N2C. The number of nitrogens with zero attached hydrogens (tertiary/aromatic N) is 1. The smallest absolute Gasteiger partial charge is 0.227 e. The Kier molecular flexibility index (Phi) is 5.58. The molecule has 0 saturated carbocycles. The monoisotopic (exact) mass is 302 g/mol. The summed E-state index contributed by atoms with van der Waals surface area (Å²) in [6.07, 6.45) is 5.19. The molecule has 0 unspecified atom stereocenters. The van der Waals surface area contributed by atoms with Crippen LogP contribution in [0.5, 0.6) is 0 Å². The Morgan fingerprint density at radius 3 is 2.55 bits per heavy atom. The topological polar surface area (TPSA) is 49.4 Å². The van der Waals surface area contributed by atoms with Crippen molar-refractivity contribution in [3.05, 3.63) is 23.8 Å². The van der Waals surface area contributed by atoms with Gasteiger partial charge in [0.2, 0.25) is 11.8 Å². The van der Waals surface area contributed by atoms with Gasteiger partial charge in [-0.2, -0.15) is 0 Å². The summed E-state index contributed by atoms with van der Waals surface area (Å²) in [5.74, 6) is 0.356. The van der Waals surface area contributed by atoms with Crippen molar-refractivity contribution >= 4 is 23.2 Å². The van der Waals surface area contributed by atoms with Gasteiger partial charge in [0, 0.05) is 30.8 Å². The highest BCUT2D eigenvalue weighted by Crippen LogP contribution is 2.29. The van der Waals surface area contributed by atoms with Crippen molar-refractivity contribution in [3.63, 3.8) is 0 Å². The fraction of sp³-hybridized carbons (Fsp3) is 0.556. The number of hydrogen-bond donors (Lipinski definition) is 1. The Balaban J connectivity index is 2.10. The summed E-state index contributed by atoms with van der Waals surface area (Å²) >= 11 is 0. The number of fused-ring (bicyclic) bond motifs is 1. The number of carbonyl (C=O) groups is 2. The standard InChI is InChI=1S/C18H26N2O2/c1-4-6-13(7-5-2)18(22)19-15-9-10-16-14(12-15)8-11-17(21)20(16)3/h9-10,12-13H,4-8,11H2,1-3H3,(H,19,22). The minimum absolute atomic E-state index is 0.0929. The molecule has 1 aromatic rings. The van der Waals surface area contributed by atoms with Crippen LogP contribution >= 0.6 is 0 Å². The molecule has 1 heterocycles. The third-order valence-electron chi connectivity index (χ3n) is 4.34. The van der Waals surface area contributed by atoms with Gasteiger partial charge in [-0.3, -0.25) is 9.59 Å². The zero-order chi connectivity index (χ0) is 16.1. The van der Waals surface area contributed by atoms with Crippen molar-refractivity contribution in [1.29, 1.82) is 0 Å². The van der Waals surface area contributed by atoms with Crippen LogP contribution in [0.25, 0.3) is 0 Å². The average Bonchev–Trinajstić information content (AvgIpc) is 2.51. The fourth-order valence-electron chi connectivity index (χ4n) is 3.08. The molecule has 0 bridgehead atoms. The van der Waals surface area contributed by atoms with Gasteiger partial charge in [0.15, 0.2) is 0 Å². The molecular weight excluding hydrogens is 276 g/mol. The molecule has 0 fully saturated rings. The van der Waals surface area contributed by atoms with E-state index < -0.39 is 0 Å². The van der Waals surface area contributed by atoms with Crippen LogP contribution in [0.15, 0.2) is 18.2 Å². The summed E-state index contributed by atoms with van der Waals surface area (Å²) in [4.78, 5) is 25.8. The molecule has 1 N–H and O–H groups in total. The second-order valence-corrected chi connectivity index (χ2v) is 6.06. The van der Waals surface area contributed by atoms with Gasteiger partial charge < -0.3 is 10.2 Å². The zero-order valence-electron chi connectivity index (χ0n) is 13.8. The summed E-state index contributed by atoms with van der Waals surface area (Å²) in [5, 5.41) is 3.05. The fourth-order valence-corrected chi connectivity index (χ4v) is 3.08. The molecule has 0 radical (unpaired) electrons. The number of aryl methyl sites for hydroxylation is 1. The average molecular weight is 302 g/mol. The lowest BCUT2D eigenvalue weighted by atomic mass is 9.97. The Morgan fingerprint density at radius 2 is 1.91 bits per heavy atom. The van der Waals surface area contributed by atoms with Crippen molar-refractivity contribution in [2.45, 2.75) is 52.4 Å². The first-order valence-corrected chi connectivity index (χ1v) is 8.27. The highest BCUT2D eigenvalue weighted by molar-refractivity contribution is 5.97. The Hall–Kier alpha value is -1.84. The number of anilines is 2. The van der Waals surface area contributed by atoms with Gasteiger partial charge in [0.1, 0.15) is 0 Å². The van der Waals surface area contributed by atoms with Crippen molar-refractivity contribution in [2.24, 2.45) is 5.92 Å². The van der Waals surface area contributed by atoms with Crippen molar-refractivity contribution < 1.29 is 9.59 Å². The van der Waals surface area contributed by atoms with Gasteiger partial charge in [0.05, 0.1) is 0 Å². The number of carbonyl (C=O) groups excluding carboxylic acids is 2. The third-order valence-corrected chi connectivity index (χ3v) is 4.34. The minimum Gasteiger partial charge on any atom is -0.326 e. The predicted octanol–water partition coefficient (Wildman–Crippen LogP) is 3.75. The predicted molar refractivity (Wildman–Crippen MR) is 90.1 cm³/mol. The highest BCUT2D eigenvalue weighted by Gasteiger charge is 2.22. The molecule has 1 aliphatic rings. The maximum atomic E-state index is 12.4. The molecule has 1 aliphatic heterocycles. The number of nitrogens with one attached hydrogen (secondary N) is 1. The lowest BCUT2D eigenvalue weighted by Gasteiger charge is -2.26. The van der Waals surface area contributed by atoms with E-state index in [-0.39, 0.29) is 17.7 Å². The normalized spacial score (nSPS) is 14.2. The van der Waals surface area contributed by atoms with Gasteiger partial charge in [0.25, 0.3) is 0 Å². The lowest BCUT2D eigenvalue weighted by molar-refractivity contribution is -0.120. The van der Waals surface area contributed by atoms with E-state index >= 15 is 0 Å². The number of amides is 2. The van der Waals surface area contributed by atoms with E-state index in [0.29, 0.717) is 6.42 Å². The molecule has 0 atom stereocenters. The molecule has 0 spiro atoms. The summed E-state index contributed by atoms with van der Waals surface area (Å²) in [6.45, 7) is 4.23. The molecule has 2 amide bonds. The quantitative estimate of drug-likeness (QED) is 0.870. The molecule has 2 rings (SSSR count). The second kappa shape index (κ2) is 7.43. The number of rotatable bonds is 6. The van der Waals surface area contributed by atoms with Gasteiger partial charge in [-0.1, -0.05) is 26.7 Å². The van der Waals surface area contributed by atoms with Crippen LogP contribution in [-0.2, 0) is 16.0 Å². The minimum atomic E-state index is 0.0929. The Labute approximate surface area is 132 Å². The first-order chi connectivity index (χ1) is 10.6. The van der Waals surface area contributed by atoms with Crippen LogP contribution in [0.3, 0.4) is 0 Å². The van der Waals surface area contributed by atoms with Crippen LogP contribution in [0.1, 0.15) is 51.5 Å². The molecule has 120 valence electrons. The summed E-state index contributed by atoms with van der Waals surface area (Å²) < 4.78 is 0. The van der Waals surface area contributed by atoms with Gasteiger partial charge >= 0.3 is 0 Å². The lowest BCUT2D eigenvalue weighted by Crippen LogP contribution is -2.31. The largest absolute Gasteiger partial charge is 0.326 e. The van der Waals surface area contributed by atoms with Gasteiger partial charge in [-0.05, 0) is 43.0 Å². The van der Waals surface area contributed by atoms with E-state index in [1.54, 1.807) is 11.9 Å². The van der Waals surface area contributed by atoms with Gasteiger partial charge in [-0.15, -0.1) is 0 Å². The molecular formula is C18H26N2O2. The second-order valence-electron chi connectivity index (χ2n) is 6.06. The van der Waals surface area contributed by atoms with E-state index in [2.05, 4.69) is 19.2 Å². The molecule has 1 aromatic carbocycles. The molecule has 0 aliphatic carbocycles. The summed E-state index contributed by atoms with van der Waals surface area (Å²) in [7, 11) is 1.80. The summed E-state index contributed by atoms with van der Waals surface area (Å²) in [5.41, 5.74) is 2.92. The first kappa shape index (κ1) is 16.5. The van der Waals surface area contributed by atoms with Crippen LogP contribution < -0.4 is 10.2 Å². The Bertz CT molecular complexity index is 548. The van der Waals surface area contributed by atoms with Crippen LogP contribution in [0, 0.1) is 5.92 Å². The van der Waals surface area contributed by atoms with E-state index in [4.69, 9.17) is 0 Å². The molecule has 22 heavy (non-hydrogen) atoms. The van der Waals surface area contributed by atoms with Gasteiger partial charge in [-0.25, -0.2) is 0 Å². The van der Waals surface area contributed by atoms with E-state index in [1.165, 1.54) is 0 Å². The maximum Gasteiger partial charge on any atom is 0.227 e. The van der Waals surface area contributed by atoms with Crippen LogP contribution in [-0.4, -0.2) is 18.9 Å². The van der Waals surface area contributed by atoms with E-state index in [1.807, 2.05) is 18.2 Å². The van der Waals surface area contributed by atoms with Crippen LogP contribution in [0.2, 0.25) is 0 Å². The molecule has 0 saturated heterocycles. The van der Waals surface area contributed by atoms with E-state index in [0.717, 1.165) is 49.0 Å².